The average molecular weight is 685 g/mol. The Morgan fingerprint density at radius 3 is 1.92 bits per heavy atom. The summed E-state index contributed by atoms with van der Waals surface area (Å²) in [6.07, 6.45) is 0. The van der Waals surface area contributed by atoms with E-state index in [-0.39, 0.29) is 6.04 Å². The number of fused-ring (bicyclic) bond motifs is 6. The van der Waals surface area contributed by atoms with Gasteiger partial charge in [0.05, 0.1) is 17.0 Å². The van der Waals surface area contributed by atoms with Crippen molar-refractivity contribution in [3.63, 3.8) is 0 Å². The largest absolute Gasteiger partial charge is 0.456 e. The normalized spacial score (nSPS) is 19.7. The average Bonchev–Trinajstić information content (AvgIpc) is 3.89. The Kier molecular flexibility index (Phi) is 6.30. The number of furan rings is 3. The highest BCUT2D eigenvalue weighted by Gasteiger charge is 2.45. The molecule has 0 radical (unpaired) electrons. The second-order valence-corrected chi connectivity index (χ2v) is 14.0. The van der Waals surface area contributed by atoms with Crippen molar-refractivity contribution in [3.8, 4) is 0 Å². The predicted molar refractivity (Wildman–Crippen MR) is 216 cm³/mol. The zero-order chi connectivity index (χ0) is 35.3. The molecule has 3 aromatic heterocycles. The summed E-state index contributed by atoms with van der Waals surface area (Å²) in [5.41, 5.74) is 10.2. The fraction of sp³-hybridized carbons (Fsp3) is 0.0833. The molecule has 53 heavy (non-hydrogen) atoms. The van der Waals surface area contributed by atoms with Crippen LogP contribution in [0.1, 0.15) is 41.7 Å². The Labute approximate surface area is 304 Å². The summed E-state index contributed by atoms with van der Waals surface area (Å²) in [4.78, 5) is 11.2. The van der Waals surface area contributed by atoms with E-state index in [9.17, 15) is 0 Å². The summed E-state index contributed by atoms with van der Waals surface area (Å²) in [7, 11) is 0. The lowest BCUT2D eigenvalue weighted by atomic mass is 9.64. The SMILES string of the molecule is C/C1=N\C(c2cccc3c2oc2ccccc23)=N/C(C)C(c2ccccc2)(c2ccc3oc4ccccc4c3c2)c2cccc3oc4cccc1c4c23. The molecule has 0 aliphatic carbocycles. The van der Waals surface area contributed by atoms with E-state index < -0.39 is 5.41 Å². The topological polar surface area (TPSA) is 64.1 Å². The second kappa shape index (κ2) is 11.1. The van der Waals surface area contributed by atoms with E-state index in [0.717, 1.165) is 99.3 Å². The highest BCUT2D eigenvalue weighted by atomic mass is 16.3. The second-order valence-electron chi connectivity index (χ2n) is 14.0. The zero-order valence-electron chi connectivity index (χ0n) is 29.1. The van der Waals surface area contributed by atoms with E-state index in [0.29, 0.717) is 5.84 Å². The van der Waals surface area contributed by atoms with E-state index in [2.05, 4.69) is 129 Å². The lowest BCUT2D eigenvalue weighted by molar-refractivity contribution is 0.512. The van der Waals surface area contributed by atoms with E-state index in [1.165, 1.54) is 0 Å². The number of hydrogen-bond donors (Lipinski definition) is 0. The summed E-state index contributed by atoms with van der Waals surface area (Å²) in [5, 5.41) is 6.36. The summed E-state index contributed by atoms with van der Waals surface area (Å²) in [6, 6.07) is 52.4. The van der Waals surface area contributed by atoms with Gasteiger partial charge in [0.2, 0.25) is 0 Å². The van der Waals surface area contributed by atoms with Gasteiger partial charge in [-0.3, -0.25) is 4.99 Å². The van der Waals surface area contributed by atoms with Crippen LogP contribution in [0.25, 0.3) is 65.8 Å². The maximum atomic E-state index is 6.69. The van der Waals surface area contributed by atoms with Crippen LogP contribution in [0.5, 0.6) is 0 Å². The molecule has 0 spiro atoms. The van der Waals surface area contributed by atoms with Gasteiger partial charge < -0.3 is 13.3 Å². The molecule has 0 N–H and O–H groups in total. The number of aliphatic imine (C=N–C) groups is 2. The molecular formula is C48H32N2O3. The van der Waals surface area contributed by atoms with Crippen LogP contribution in [0.3, 0.4) is 0 Å². The minimum atomic E-state index is -0.801. The maximum absolute atomic E-state index is 6.69. The van der Waals surface area contributed by atoms with E-state index >= 15 is 0 Å². The molecular weight excluding hydrogens is 653 g/mol. The van der Waals surface area contributed by atoms with Crippen LogP contribution in [0, 0.1) is 0 Å². The summed E-state index contributed by atoms with van der Waals surface area (Å²) in [5.74, 6) is 0.617. The fourth-order valence-corrected chi connectivity index (χ4v) is 8.94. The molecule has 2 atom stereocenters. The fourth-order valence-electron chi connectivity index (χ4n) is 8.94. The van der Waals surface area contributed by atoms with Gasteiger partial charge in [0.1, 0.15) is 33.5 Å². The Bertz CT molecular complexity index is 3160. The van der Waals surface area contributed by atoms with Gasteiger partial charge in [-0.15, -0.1) is 0 Å². The number of rotatable bonds is 3. The minimum absolute atomic E-state index is 0.368. The van der Waals surface area contributed by atoms with Crippen LogP contribution in [0.4, 0.5) is 0 Å². The molecule has 11 rings (SSSR count). The van der Waals surface area contributed by atoms with Gasteiger partial charge in [-0.1, -0.05) is 109 Å². The molecule has 10 aromatic rings. The number of hydrogen-bond acceptors (Lipinski definition) is 5. The summed E-state index contributed by atoms with van der Waals surface area (Å²) < 4.78 is 19.7. The molecule has 4 heterocycles. The van der Waals surface area contributed by atoms with Gasteiger partial charge in [-0.05, 0) is 73.0 Å². The molecule has 0 bridgehead atoms. The number of para-hydroxylation sites is 3. The van der Waals surface area contributed by atoms with Crippen molar-refractivity contribution in [1.29, 1.82) is 0 Å². The first-order valence-corrected chi connectivity index (χ1v) is 18.1. The quantitative estimate of drug-likeness (QED) is 0.186. The molecule has 5 nitrogen and oxygen atoms in total. The first-order chi connectivity index (χ1) is 26.1. The van der Waals surface area contributed by atoms with Crippen molar-refractivity contribution >= 4 is 77.4 Å². The molecule has 1 aliphatic rings. The molecule has 1 aliphatic heterocycles. The Hall–Kier alpha value is -6.72. The van der Waals surface area contributed by atoms with Crippen molar-refractivity contribution in [2.24, 2.45) is 9.98 Å². The van der Waals surface area contributed by atoms with Crippen LogP contribution >= 0.6 is 0 Å². The lowest BCUT2D eigenvalue weighted by Crippen LogP contribution is -2.40. The van der Waals surface area contributed by atoms with E-state index in [1.54, 1.807) is 0 Å². The van der Waals surface area contributed by atoms with Gasteiger partial charge in [-0.25, -0.2) is 4.99 Å². The smallest absolute Gasteiger partial charge is 0.158 e. The summed E-state index contributed by atoms with van der Waals surface area (Å²) in [6.45, 7) is 4.29. The highest BCUT2D eigenvalue weighted by Crippen LogP contribution is 2.50. The van der Waals surface area contributed by atoms with Crippen LogP contribution in [-0.2, 0) is 5.41 Å². The number of amidine groups is 1. The van der Waals surface area contributed by atoms with Gasteiger partial charge in [0.25, 0.3) is 0 Å². The molecule has 0 fully saturated rings. The molecule has 252 valence electrons. The Morgan fingerprint density at radius 2 is 1.09 bits per heavy atom. The zero-order valence-corrected chi connectivity index (χ0v) is 29.1. The minimum Gasteiger partial charge on any atom is -0.456 e. The maximum Gasteiger partial charge on any atom is 0.158 e. The summed E-state index contributed by atoms with van der Waals surface area (Å²) >= 11 is 0. The van der Waals surface area contributed by atoms with Crippen LogP contribution in [0.2, 0.25) is 0 Å². The predicted octanol–water partition coefficient (Wildman–Crippen LogP) is 12.4. The van der Waals surface area contributed by atoms with Gasteiger partial charge >= 0.3 is 0 Å². The molecule has 0 saturated heterocycles. The lowest BCUT2D eigenvalue weighted by Gasteiger charge is -2.40. The van der Waals surface area contributed by atoms with Crippen molar-refractivity contribution in [2.75, 3.05) is 0 Å². The first kappa shape index (κ1) is 30.0. The monoisotopic (exact) mass is 684 g/mol. The first-order valence-electron chi connectivity index (χ1n) is 18.1. The van der Waals surface area contributed by atoms with Crippen LogP contribution < -0.4 is 0 Å². The molecule has 0 saturated carbocycles. The van der Waals surface area contributed by atoms with E-state index in [1.807, 2.05) is 36.4 Å². The Balaban J connectivity index is 1.32. The van der Waals surface area contributed by atoms with Gasteiger partial charge in [0.15, 0.2) is 5.84 Å². The number of benzene rings is 7. The molecule has 5 heteroatoms. The molecule has 0 amide bonds. The van der Waals surface area contributed by atoms with Crippen LogP contribution in [0.15, 0.2) is 175 Å². The molecule has 2 unspecified atom stereocenters. The third-order valence-electron chi connectivity index (χ3n) is 11.3. The standard InChI is InChI=1S/C48H32N2O3/c1-28-32-17-11-23-42-44(32)45-38(20-12-24-43(45)52-42)48(30-13-4-3-5-14-30,31-25-26-41-37(27-31)34-16-7-8-21-39(34)51-41)29(2)50-47(49-28)36-19-10-18-35-33-15-6-9-22-40(33)53-46(35)36/h3-27,29H,1-2H3/b49-28+,50-47-. The van der Waals surface area contributed by atoms with Crippen molar-refractivity contribution in [1.82, 2.24) is 0 Å². The highest BCUT2D eigenvalue weighted by molar-refractivity contribution is 6.24. The van der Waals surface area contributed by atoms with Crippen molar-refractivity contribution in [3.05, 3.63) is 179 Å². The third kappa shape index (κ3) is 4.19. The van der Waals surface area contributed by atoms with E-state index in [4.69, 9.17) is 23.2 Å². The Morgan fingerprint density at radius 1 is 0.491 bits per heavy atom. The van der Waals surface area contributed by atoms with Crippen molar-refractivity contribution < 1.29 is 13.3 Å². The van der Waals surface area contributed by atoms with Gasteiger partial charge in [0, 0.05) is 43.6 Å². The van der Waals surface area contributed by atoms with Gasteiger partial charge in [-0.2, -0.15) is 0 Å². The molecule has 7 aromatic carbocycles. The number of nitrogens with zero attached hydrogens (tertiary/aromatic N) is 2. The third-order valence-corrected chi connectivity index (χ3v) is 11.3. The van der Waals surface area contributed by atoms with Crippen molar-refractivity contribution in [2.45, 2.75) is 25.3 Å². The van der Waals surface area contributed by atoms with Crippen LogP contribution in [-0.4, -0.2) is 17.6 Å².